The molecule has 2 aromatic rings. The summed E-state index contributed by atoms with van der Waals surface area (Å²) in [6.07, 6.45) is 15.9. The number of allylic oxidation sites excluding steroid dienone is 1. The fourth-order valence-electron chi connectivity index (χ4n) is 3.91. The Balaban J connectivity index is 0.00000187. The highest BCUT2D eigenvalue weighted by Gasteiger charge is 2.28. The smallest absolute Gasteiger partial charge is 0.249 e. The van der Waals surface area contributed by atoms with Gasteiger partial charge in [0.15, 0.2) is 0 Å². The summed E-state index contributed by atoms with van der Waals surface area (Å²) in [5.41, 5.74) is 1.89. The molecule has 1 aliphatic heterocycles. The lowest BCUT2D eigenvalue weighted by Gasteiger charge is -2.40. The second-order valence-electron chi connectivity index (χ2n) is 7.13. The highest BCUT2D eigenvalue weighted by molar-refractivity contribution is 7.16. The van der Waals surface area contributed by atoms with Gasteiger partial charge in [0.2, 0.25) is 6.10 Å². The molecule has 1 aromatic heterocycles. The first-order chi connectivity index (χ1) is 16.1. The van der Waals surface area contributed by atoms with Crippen LogP contribution in [0.5, 0.6) is 11.5 Å². The molecule has 1 fully saturated rings. The van der Waals surface area contributed by atoms with Crippen LogP contribution in [0.15, 0.2) is 59.6 Å². The van der Waals surface area contributed by atoms with E-state index in [9.17, 15) is 4.39 Å². The van der Waals surface area contributed by atoms with E-state index in [-0.39, 0.29) is 6.04 Å². The molecule has 1 saturated heterocycles. The van der Waals surface area contributed by atoms with Gasteiger partial charge in [0.05, 0.1) is 13.3 Å². The molecule has 2 unspecified atom stereocenters. The number of rotatable bonds is 8. The van der Waals surface area contributed by atoms with Crippen LogP contribution in [-0.4, -0.2) is 48.4 Å². The normalized spacial score (nSPS) is 15.5. The van der Waals surface area contributed by atoms with E-state index in [1.54, 1.807) is 25.4 Å². The first-order valence-corrected chi connectivity index (χ1v) is 11.4. The van der Waals surface area contributed by atoms with Gasteiger partial charge in [-0.05, 0) is 57.0 Å². The van der Waals surface area contributed by atoms with Gasteiger partial charge < -0.3 is 19.3 Å². The van der Waals surface area contributed by atoms with Gasteiger partial charge in [-0.2, -0.15) is 4.39 Å². The monoisotopic (exact) mass is 470 g/mol. The van der Waals surface area contributed by atoms with Crippen molar-refractivity contribution >= 4 is 26.8 Å². The Morgan fingerprint density at radius 3 is 2.45 bits per heavy atom. The summed E-state index contributed by atoms with van der Waals surface area (Å²) >= 11 is 0. The first kappa shape index (κ1) is 26.2. The van der Waals surface area contributed by atoms with Crippen LogP contribution in [0.4, 0.5) is 15.8 Å². The zero-order chi connectivity index (χ0) is 24.2. The third-order valence-corrected chi connectivity index (χ3v) is 5.41. The molecule has 3 rings (SSSR count). The molecule has 2 heterocycles. The number of halogens is 1. The third-order valence-electron chi connectivity index (χ3n) is 5.28. The SMILES string of the molecule is C#C.C/C=N\C(=C/C)N1CCC(N(c2ccc(OC(F)P)cc2)c2cnccc2OC)CC1. The van der Waals surface area contributed by atoms with Crippen molar-refractivity contribution in [3.63, 3.8) is 0 Å². The van der Waals surface area contributed by atoms with Crippen molar-refractivity contribution in [3.05, 3.63) is 54.6 Å². The Morgan fingerprint density at radius 2 is 1.91 bits per heavy atom. The number of alkyl halides is 1. The largest absolute Gasteiger partial charge is 0.494 e. The van der Waals surface area contributed by atoms with Crippen molar-refractivity contribution in [1.29, 1.82) is 0 Å². The second-order valence-corrected chi connectivity index (χ2v) is 7.66. The average molecular weight is 471 g/mol. The Hall–Kier alpha value is -3.10. The van der Waals surface area contributed by atoms with Crippen LogP contribution in [0, 0.1) is 12.8 Å². The number of aromatic nitrogens is 1. The number of nitrogens with zero attached hydrogens (tertiary/aromatic N) is 4. The zero-order valence-corrected chi connectivity index (χ0v) is 20.5. The molecule has 0 saturated carbocycles. The number of aliphatic imine (C=N–C) groups is 1. The van der Waals surface area contributed by atoms with E-state index in [2.05, 4.69) is 32.6 Å². The van der Waals surface area contributed by atoms with E-state index in [1.807, 2.05) is 59.8 Å². The fourth-order valence-corrected chi connectivity index (χ4v) is 4.07. The van der Waals surface area contributed by atoms with Crippen molar-refractivity contribution < 1.29 is 13.9 Å². The lowest BCUT2D eigenvalue weighted by Crippen LogP contribution is -2.42. The van der Waals surface area contributed by atoms with E-state index in [4.69, 9.17) is 9.47 Å². The quantitative estimate of drug-likeness (QED) is 0.294. The average Bonchev–Trinajstić information content (AvgIpc) is 2.85. The van der Waals surface area contributed by atoms with Gasteiger partial charge in [0.1, 0.15) is 23.0 Å². The summed E-state index contributed by atoms with van der Waals surface area (Å²) in [6.45, 7) is 5.75. The van der Waals surface area contributed by atoms with E-state index in [0.29, 0.717) is 5.75 Å². The van der Waals surface area contributed by atoms with Crippen molar-refractivity contribution in [2.45, 2.75) is 38.8 Å². The van der Waals surface area contributed by atoms with Crippen LogP contribution in [-0.2, 0) is 0 Å². The molecule has 2 atom stereocenters. The number of ether oxygens (including phenoxy) is 2. The number of piperidine rings is 1. The first-order valence-electron chi connectivity index (χ1n) is 10.7. The molecular weight excluding hydrogens is 438 g/mol. The molecule has 6 nitrogen and oxygen atoms in total. The third kappa shape index (κ3) is 6.94. The lowest BCUT2D eigenvalue weighted by molar-refractivity contribution is 0.153. The molecule has 1 aromatic carbocycles. The predicted octanol–water partition coefficient (Wildman–Crippen LogP) is 5.40. The van der Waals surface area contributed by atoms with Crippen LogP contribution >= 0.6 is 9.24 Å². The summed E-state index contributed by atoms with van der Waals surface area (Å²) in [4.78, 5) is 13.4. The number of methoxy groups -OCH3 is 1. The van der Waals surface area contributed by atoms with Gasteiger partial charge in [-0.15, -0.1) is 12.8 Å². The number of anilines is 2. The fraction of sp³-hybridized carbons (Fsp3) is 0.360. The van der Waals surface area contributed by atoms with Crippen molar-refractivity contribution in [2.75, 3.05) is 25.1 Å². The minimum atomic E-state index is -1.43. The summed E-state index contributed by atoms with van der Waals surface area (Å²) < 4.78 is 23.9. The summed E-state index contributed by atoms with van der Waals surface area (Å²) in [7, 11) is 3.66. The van der Waals surface area contributed by atoms with Gasteiger partial charge in [0, 0.05) is 43.3 Å². The highest BCUT2D eigenvalue weighted by atomic mass is 31.0. The lowest BCUT2D eigenvalue weighted by atomic mass is 10.0. The van der Waals surface area contributed by atoms with Crippen LogP contribution < -0.4 is 14.4 Å². The minimum absolute atomic E-state index is 0.250. The Kier molecular flexibility index (Phi) is 10.7. The number of likely N-dealkylation sites (tertiary alicyclic amines) is 1. The molecule has 33 heavy (non-hydrogen) atoms. The van der Waals surface area contributed by atoms with E-state index < -0.39 is 6.10 Å². The van der Waals surface area contributed by atoms with Crippen molar-refractivity contribution in [1.82, 2.24) is 9.88 Å². The summed E-state index contributed by atoms with van der Waals surface area (Å²) in [5.74, 6) is 2.25. The molecule has 8 heteroatoms. The van der Waals surface area contributed by atoms with E-state index in [1.165, 1.54) is 0 Å². The number of benzene rings is 1. The minimum Gasteiger partial charge on any atom is -0.494 e. The molecule has 0 N–H and O–H groups in total. The maximum atomic E-state index is 13.2. The number of terminal acetylenes is 1. The standard InChI is InChI=1S/C23H30FN4O2P.C2H2/c1-4-22(26-5-2)27-14-11-18(12-15-27)28(20-16-25-13-10-21(20)29-3)17-6-8-19(9-7-17)30-23(24)31;1-2/h4-10,13,16,18,23H,11-12,14-15,31H2,1-3H3;1-2H/b22-4+,26-5-;. The van der Waals surface area contributed by atoms with Crippen LogP contribution in [0.3, 0.4) is 0 Å². The van der Waals surface area contributed by atoms with Gasteiger partial charge in [0.25, 0.3) is 0 Å². The molecular formula is C25H32FN4O2P. The molecule has 0 aliphatic carbocycles. The summed E-state index contributed by atoms with van der Waals surface area (Å²) in [5, 5.41) is 0. The van der Waals surface area contributed by atoms with E-state index in [0.717, 1.165) is 48.9 Å². The Morgan fingerprint density at radius 1 is 1.24 bits per heavy atom. The van der Waals surface area contributed by atoms with Gasteiger partial charge >= 0.3 is 0 Å². The van der Waals surface area contributed by atoms with Crippen LogP contribution in [0.25, 0.3) is 0 Å². The predicted molar refractivity (Wildman–Crippen MR) is 137 cm³/mol. The van der Waals surface area contributed by atoms with Gasteiger partial charge in [-0.1, -0.05) is 9.24 Å². The molecule has 0 radical (unpaired) electrons. The molecule has 0 bridgehead atoms. The van der Waals surface area contributed by atoms with Crippen molar-refractivity contribution in [3.8, 4) is 24.3 Å². The van der Waals surface area contributed by atoms with Gasteiger partial charge in [-0.25, -0.2) is 4.99 Å². The number of hydrogen-bond donors (Lipinski definition) is 0. The Labute approximate surface area is 198 Å². The van der Waals surface area contributed by atoms with Gasteiger partial charge in [-0.3, -0.25) is 4.98 Å². The number of hydrogen-bond acceptors (Lipinski definition) is 6. The summed E-state index contributed by atoms with van der Waals surface area (Å²) in [6, 6.07) is 9.57. The van der Waals surface area contributed by atoms with E-state index >= 15 is 0 Å². The second kappa shape index (κ2) is 13.4. The molecule has 1 aliphatic rings. The zero-order valence-electron chi connectivity index (χ0n) is 19.4. The van der Waals surface area contributed by atoms with Crippen LogP contribution in [0.1, 0.15) is 26.7 Å². The Bertz CT molecular complexity index is 939. The maximum Gasteiger partial charge on any atom is 0.249 e. The molecule has 176 valence electrons. The topological polar surface area (TPSA) is 50.2 Å². The number of pyridine rings is 1. The van der Waals surface area contributed by atoms with Crippen molar-refractivity contribution in [2.24, 2.45) is 4.99 Å². The maximum absolute atomic E-state index is 13.2. The molecule has 0 spiro atoms. The van der Waals surface area contributed by atoms with Crippen LogP contribution in [0.2, 0.25) is 0 Å². The highest BCUT2D eigenvalue weighted by Crippen LogP contribution is 2.38. The molecule has 0 amide bonds.